The van der Waals surface area contributed by atoms with Crippen molar-refractivity contribution in [3.8, 4) is 0 Å². The Morgan fingerprint density at radius 1 is 1.12 bits per heavy atom. The fraction of sp³-hybridized carbons (Fsp3) is 0.923. The fourth-order valence-electron chi connectivity index (χ4n) is 2.70. The average Bonchev–Trinajstić information content (AvgIpc) is 2.83. The van der Waals surface area contributed by atoms with E-state index in [1.165, 1.54) is 25.7 Å². The van der Waals surface area contributed by atoms with Crippen molar-refractivity contribution in [1.29, 1.82) is 0 Å². The summed E-state index contributed by atoms with van der Waals surface area (Å²) in [5.74, 6) is 0. The Hall–Kier alpha value is -0.770. The Bertz CT molecular complexity index is 234. The van der Waals surface area contributed by atoms with Gasteiger partial charge in [0.25, 0.3) is 0 Å². The molecule has 1 aliphatic carbocycles. The molecule has 2 rings (SSSR count). The summed E-state index contributed by atoms with van der Waals surface area (Å²) < 4.78 is 5.51. The van der Waals surface area contributed by atoms with Gasteiger partial charge in [0.2, 0.25) is 0 Å². The van der Waals surface area contributed by atoms with E-state index in [-0.39, 0.29) is 6.03 Å². The van der Waals surface area contributed by atoms with Gasteiger partial charge in [0.05, 0.1) is 6.10 Å². The molecule has 1 aliphatic heterocycles. The molecule has 1 saturated heterocycles. The Kier molecular flexibility index (Phi) is 5.10. The maximum atomic E-state index is 11.6. The van der Waals surface area contributed by atoms with Gasteiger partial charge in [-0.15, -0.1) is 0 Å². The third kappa shape index (κ3) is 4.54. The first-order valence-electron chi connectivity index (χ1n) is 7.00. The summed E-state index contributed by atoms with van der Waals surface area (Å²) in [6.45, 7) is 1.61. The van der Waals surface area contributed by atoms with E-state index in [0.717, 1.165) is 38.8 Å². The minimum atomic E-state index is -0.00473. The molecule has 4 heteroatoms. The van der Waals surface area contributed by atoms with Crippen LogP contribution in [0.2, 0.25) is 0 Å². The van der Waals surface area contributed by atoms with Crippen LogP contribution in [0.25, 0.3) is 0 Å². The second-order valence-electron chi connectivity index (χ2n) is 5.16. The molecule has 0 aromatic heterocycles. The van der Waals surface area contributed by atoms with Gasteiger partial charge in [-0.1, -0.05) is 19.3 Å². The molecule has 2 N–H and O–H groups in total. The van der Waals surface area contributed by atoms with Gasteiger partial charge in [0.15, 0.2) is 0 Å². The molecule has 1 atom stereocenters. The van der Waals surface area contributed by atoms with Crippen molar-refractivity contribution < 1.29 is 9.53 Å². The molecule has 0 spiro atoms. The van der Waals surface area contributed by atoms with Crippen LogP contribution in [0.3, 0.4) is 0 Å². The predicted octanol–water partition coefficient (Wildman–Crippen LogP) is 2.19. The molecule has 98 valence electrons. The average molecular weight is 240 g/mol. The first-order chi connectivity index (χ1) is 8.34. The molecule has 0 bridgehead atoms. The maximum Gasteiger partial charge on any atom is 0.315 e. The van der Waals surface area contributed by atoms with Crippen molar-refractivity contribution in [3.05, 3.63) is 0 Å². The highest BCUT2D eigenvalue weighted by atomic mass is 16.5. The van der Waals surface area contributed by atoms with Crippen molar-refractivity contribution in [2.24, 2.45) is 0 Å². The molecular formula is C13H24N2O2. The highest BCUT2D eigenvalue weighted by molar-refractivity contribution is 5.74. The Balaban J connectivity index is 1.53. The highest BCUT2D eigenvalue weighted by Crippen LogP contribution is 2.17. The van der Waals surface area contributed by atoms with Gasteiger partial charge in [-0.3, -0.25) is 0 Å². The van der Waals surface area contributed by atoms with E-state index in [2.05, 4.69) is 10.6 Å². The Morgan fingerprint density at radius 2 is 1.94 bits per heavy atom. The zero-order valence-electron chi connectivity index (χ0n) is 10.5. The summed E-state index contributed by atoms with van der Waals surface area (Å²) in [4.78, 5) is 11.6. The van der Waals surface area contributed by atoms with Crippen molar-refractivity contribution in [2.45, 2.75) is 63.5 Å². The van der Waals surface area contributed by atoms with Gasteiger partial charge in [-0.05, 0) is 32.1 Å². The lowest BCUT2D eigenvalue weighted by molar-refractivity contribution is 0.104. The first kappa shape index (κ1) is 12.7. The summed E-state index contributed by atoms with van der Waals surface area (Å²) in [5, 5.41) is 5.98. The van der Waals surface area contributed by atoms with Crippen LogP contribution in [0.1, 0.15) is 51.4 Å². The molecule has 1 heterocycles. The van der Waals surface area contributed by atoms with E-state index in [1.807, 2.05) is 0 Å². The van der Waals surface area contributed by atoms with Crippen LogP contribution in [-0.4, -0.2) is 31.3 Å². The largest absolute Gasteiger partial charge is 0.378 e. The lowest BCUT2D eigenvalue weighted by atomic mass is 9.96. The lowest BCUT2D eigenvalue weighted by Gasteiger charge is -2.23. The van der Waals surface area contributed by atoms with E-state index >= 15 is 0 Å². The number of hydrogen-bond donors (Lipinski definition) is 2. The number of carbonyl (C=O) groups excluding carboxylic acids is 1. The van der Waals surface area contributed by atoms with Crippen molar-refractivity contribution >= 4 is 6.03 Å². The summed E-state index contributed by atoms with van der Waals surface area (Å²) >= 11 is 0. The van der Waals surface area contributed by atoms with E-state index < -0.39 is 0 Å². The zero-order valence-corrected chi connectivity index (χ0v) is 10.5. The number of hydrogen-bond acceptors (Lipinski definition) is 2. The molecule has 0 aromatic rings. The van der Waals surface area contributed by atoms with Crippen molar-refractivity contribution in [1.82, 2.24) is 10.6 Å². The molecule has 2 fully saturated rings. The standard InChI is InChI=1S/C13H24N2O2/c16-13(15-11-5-2-1-3-6-11)14-9-8-12-7-4-10-17-12/h11-12H,1-10H2,(H2,14,15,16). The summed E-state index contributed by atoms with van der Waals surface area (Å²) in [6.07, 6.45) is 9.71. The van der Waals surface area contributed by atoms with Gasteiger partial charge >= 0.3 is 6.03 Å². The molecule has 0 radical (unpaired) electrons. The van der Waals surface area contributed by atoms with Crippen LogP contribution in [-0.2, 0) is 4.74 Å². The van der Waals surface area contributed by atoms with Crippen molar-refractivity contribution in [3.63, 3.8) is 0 Å². The molecule has 17 heavy (non-hydrogen) atoms. The third-order valence-electron chi connectivity index (χ3n) is 3.72. The van der Waals surface area contributed by atoms with Gasteiger partial charge in [0, 0.05) is 19.2 Å². The van der Waals surface area contributed by atoms with E-state index in [9.17, 15) is 4.79 Å². The van der Waals surface area contributed by atoms with Crippen LogP contribution in [0.15, 0.2) is 0 Å². The first-order valence-corrected chi connectivity index (χ1v) is 7.00. The van der Waals surface area contributed by atoms with Crippen LogP contribution in [0.5, 0.6) is 0 Å². The van der Waals surface area contributed by atoms with Gasteiger partial charge in [0.1, 0.15) is 0 Å². The second kappa shape index (κ2) is 6.84. The summed E-state index contributed by atoms with van der Waals surface area (Å²) in [6, 6.07) is 0.390. The smallest absolute Gasteiger partial charge is 0.315 e. The quantitative estimate of drug-likeness (QED) is 0.791. The molecule has 0 aromatic carbocycles. The molecule has 1 unspecified atom stereocenters. The number of urea groups is 1. The SMILES string of the molecule is O=C(NCCC1CCCO1)NC1CCCCC1. The monoisotopic (exact) mass is 240 g/mol. The van der Waals surface area contributed by atoms with Gasteiger partial charge in [-0.2, -0.15) is 0 Å². The fourth-order valence-corrected chi connectivity index (χ4v) is 2.70. The molecular weight excluding hydrogens is 216 g/mol. The van der Waals surface area contributed by atoms with E-state index in [0.29, 0.717) is 12.1 Å². The Morgan fingerprint density at radius 3 is 2.65 bits per heavy atom. The van der Waals surface area contributed by atoms with Gasteiger partial charge < -0.3 is 15.4 Å². The molecule has 4 nitrogen and oxygen atoms in total. The van der Waals surface area contributed by atoms with Crippen LogP contribution < -0.4 is 10.6 Å². The van der Waals surface area contributed by atoms with Crippen LogP contribution in [0, 0.1) is 0 Å². The minimum absolute atomic E-state index is 0.00473. The topological polar surface area (TPSA) is 50.4 Å². The van der Waals surface area contributed by atoms with Gasteiger partial charge in [-0.25, -0.2) is 4.79 Å². The molecule has 2 aliphatic rings. The van der Waals surface area contributed by atoms with E-state index in [1.54, 1.807) is 0 Å². The Labute approximate surface area is 103 Å². The zero-order chi connectivity index (χ0) is 11.9. The number of ether oxygens (including phenoxy) is 1. The van der Waals surface area contributed by atoms with Crippen molar-refractivity contribution in [2.75, 3.05) is 13.2 Å². The molecule has 1 saturated carbocycles. The number of rotatable bonds is 4. The normalized spacial score (nSPS) is 25.8. The second-order valence-corrected chi connectivity index (χ2v) is 5.16. The summed E-state index contributed by atoms with van der Waals surface area (Å²) in [5.41, 5.74) is 0. The van der Waals surface area contributed by atoms with E-state index in [4.69, 9.17) is 4.74 Å². The highest BCUT2D eigenvalue weighted by Gasteiger charge is 2.17. The minimum Gasteiger partial charge on any atom is -0.378 e. The van der Waals surface area contributed by atoms with Crippen LogP contribution >= 0.6 is 0 Å². The summed E-state index contributed by atoms with van der Waals surface area (Å²) in [7, 11) is 0. The number of amides is 2. The third-order valence-corrected chi connectivity index (χ3v) is 3.72. The lowest BCUT2D eigenvalue weighted by Crippen LogP contribution is -2.43. The number of carbonyl (C=O) groups is 1. The predicted molar refractivity (Wildman–Crippen MR) is 67.0 cm³/mol. The number of nitrogens with one attached hydrogen (secondary N) is 2. The maximum absolute atomic E-state index is 11.6. The molecule has 2 amide bonds. The van der Waals surface area contributed by atoms with Crippen LogP contribution in [0.4, 0.5) is 4.79 Å².